The minimum absolute atomic E-state index is 0.392. The average Bonchev–Trinajstić information content (AvgIpc) is 2.46. The summed E-state index contributed by atoms with van der Waals surface area (Å²) in [6.45, 7) is 0. The number of amides is 1. The van der Waals surface area contributed by atoms with Crippen LogP contribution in [-0.4, -0.2) is 31.4 Å². The Kier molecular flexibility index (Phi) is 3.79. The molecule has 0 saturated heterocycles. The standard InChI is InChI=1S/C8H13N3OS2/c1-10-8-5(7(9)12)4-6(13-8)14-11(2)3/h4,10H,1-3H3,(H2,9,12). The normalized spacial score (nSPS) is 10.6. The van der Waals surface area contributed by atoms with Crippen LogP contribution in [0.15, 0.2) is 10.3 Å². The van der Waals surface area contributed by atoms with Crippen molar-refractivity contribution in [3.05, 3.63) is 11.6 Å². The van der Waals surface area contributed by atoms with E-state index in [0.717, 1.165) is 9.21 Å². The number of rotatable bonds is 4. The number of carbonyl (C=O) groups is 1. The monoisotopic (exact) mass is 231 g/mol. The summed E-state index contributed by atoms with van der Waals surface area (Å²) in [5.41, 5.74) is 5.80. The van der Waals surface area contributed by atoms with Gasteiger partial charge in [0.15, 0.2) is 0 Å². The van der Waals surface area contributed by atoms with E-state index in [4.69, 9.17) is 5.73 Å². The zero-order valence-corrected chi connectivity index (χ0v) is 9.96. The number of primary amides is 1. The Hall–Kier alpha value is -0.720. The second-order valence-corrected chi connectivity index (χ2v) is 5.49. The zero-order valence-electron chi connectivity index (χ0n) is 8.33. The Morgan fingerprint density at radius 1 is 1.64 bits per heavy atom. The van der Waals surface area contributed by atoms with Crippen molar-refractivity contribution in [1.82, 2.24) is 4.31 Å². The summed E-state index contributed by atoms with van der Waals surface area (Å²) in [7, 11) is 5.68. The number of nitrogens with zero attached hydrogens (tertiary/aromatic N) is 1. The highest BCUT2D eigenvalue weighted by Gasteiger charge is 2.13. The van der Waals surface area contributed by atoms with Crippen LogP contribution in [0.4, 0.5) is 5.00 Å². The number of hydrogen-bond donors (Lipinski definition) is 2. The van der Waals surface area contributed by atoms with Crippen LogP contribution in [0.25, 0.3) is 0 Å². The van der Waals surface area contributed by atoms with Gasteiger partial charge in [-0.1, -0.05) is 0 Å². The lowest BCUT2D eigenvalue weighted by atomic mass is 10.3. The molecule has 0 bridgehead atoms. The fourth-order valence-corrected chi connectivity index (χ4v) is 3.09. The summed E-state index contributed by atoms with van der Waals surface area (Å²) in [5.74, 6) is -0.392. The maximum absolute atomic E-state index is 11.0. The lowest BCUT2D eigenvalue weighted by Gasteiger charge is -2.04. The summed E-state index contributed by atoms with van der Waals surface area (Å²) in [4.78, 5) is 11.0. The number of hydrogen-bond acceptors (Lipinski definition) is 5. The van der Waals surface area contributed by atoms with E-state index in [1.54, 1.807) is 19.0 Å². The second kappa shape index (κ2) is 4.68. The van der Waals surface area contributed by atoms with Crippen LogP contribution in [0.3, 0.4) is 0 Å². The van der Waals surface area contributed by atoms with Gasteiger partial charge in [0.05, 0.1) is 9.77 Å². The third kappa shape index (κ3) is 2.63. The molecule has 14 heavy (non-hydrogen) atoms. The molecule has 0 fully saturated rings. The Morgan fingerprint density at radius 2 is 2.29 bits per heavy atom. The largest absolute Gasteiger partial charge is 0.379 e. The molecule has 1 amide bonds. The minimum atomic E-state index is -0.392. The predicted molar refractivity (Wildman–Crippen MR) is 61.9 cm³/mol. The van der Waals surface area contributed by atoms with Crippen LogP contribution < -0.4 is 11.1 Å². The number of nitrogens with one attached hydrogen (secondary N) is 1. The van der Waals surface area contributed by atoms with E-state index >= 15 is 0 Å². The van der Waals surface area contributed by atoms with Gasteiger partial charge in [0.1, 0.15) is 5.00 Å². The fraction of sp³-hybridized carbons (Fsp3) is 0.375. The Bertz CT molecular complexity index is 335. The van der Waals surface area contributed by atoms with E-state index in [1.165, 1.54) is 11.3 Å². The Balaban J connectivity index is 2.94. The number of nitrogens with two attached hydrogens (primary N) is 1. The third-order valence-corrected chi connectivity index (χ3v) is 3.56. The molecule has 1 rings (SSSR count). The van der Waals surface area contributed by atoms with Crippen molar-refractivity contribution in [1.29, 1.82) is 0 Å². The molecule has 0 unspecified atom stereocenters. The van der Waals surface area contributed by atoms with Crippen molar-refractivity contribution < 1.29 is 4.79 Å². The van der Waals surface area contributed by atoms with Crippen molar-refractivity contribution >= 4 is 34.2 Å². The number of anilines is 1. The first-order chi connectivity index (χ1) is 6.54. The highest BCUT2D eigenvalue weighted by molar-refractivity contribution is 7.99. The minimum Gasteiger partial charge on any atom is -0.379 e. The van der Waals surface area contributed by atoms with Crippen LogP contribution in [0.2, 0.25) is 0 Å². The van der Waals surface area contributed by atoms with E-state index in [0.29, 0.717) is 5.56 Å². The molecule has 0 atom stereocenters. The van der Waals surface area contributed by atoms with E-state index in [2.05, 4.69) is 5.32 Å². The lowest BCUT2D eigenvalue weighted by molar-refractivity contribution is 0.100. The molecule has 0 aliphatic carbocycles. The molecule has 0 aliphatic rings. The molecule has 0 aliphatic heterocycles. The van der Waals surface area contributed by atoms with Crippen molar-refractivity contribution in [3.8, 4) is 0 Å². The summed E-state index contributed by atoms with van der Waals surface area (Å²) >= 11 is 3.10. The molecule has 0 aromatic carbocycles. The van der Waals surface area contributed by atoms with Gasteiger partial charge in [-0.2, -0.15) is 0 Å². The highest BCUT2D eigenvalue weighted by atomic mass is 32.2. The molecule has 78 valence electrons. The molecular weight excluding hydrogens is 218 g/mol. The second-order valence-electron chi connectivity index (χ2n) is 2.83. The van der Waals surface area contributed by atoms with Crippen molar-refractivity contribution in [2.75, 3.05) is 26.5 Å². The van der Waals surface area contributed by atoms with Gasteiger partial charge in [-0.3, -0.25) is 9.10 Å². The van der Waals surface area contributed by atoms with Crippen molar-refractivity contribution in [3.63, 3.8) is 0 Å². The van der Waals surface area contributed by atoms with E-state index in [-0.39, 0.29) is 0 Å². The van der Waals surface area contributed by atoms with E-state index in [9.17, 15) is 4.79 Å². The summed E-state index contributed by atoms with van der Waals surface area (Å²) in [5, 5.41) is 3.78. The Morgan fingerprint density at radius 3 is 2.64 bits per heavy atom. The van der Waals surface area contributed by atoms with Gasteiger partial charge < -0.3 is 11.1 Å². The van der Waals surface area contributed by atoms with Crippen molar-refractivity contribution in [2.24, 2.45) is 5.73 Å². The molecule has 0 spiro atoms. The zero-order chi connectivity index (χ0) is 10.7. The van der Waals surface area contributed by atoms with E-state index in [1.807, 2.05) is 24.5 Å². The van der Waals surface area contributed by atoms with Gasteiger partial charge >= 0.3 is 0 Å². The Labute approximate surface area is 91.6 Å². The van der Waals surface area contributed by atoms with Crippen LogP contribution in [0, 0.1) is 0 Å². The van der Waals surface area contributed by atoms with Crippen LogP contribution in [0.5, 0.6) is 0 Å². The van der Waals surface area contributed by atoms with Gasteiger partial charge in [-0.05, 0) is 32.1 Å². The van der Waals surface area contributed by atoms with Gasteiger partial charge in [-0.15, -0.1) is 11.3 Å². The molecule has 1 aromatic rings. The van der Waals surface area contributed by atoms with Crippen LogP contribution in [-0.2, 0) is 0 Å². The van der Waals surface area contributed by atoms with Crippen LogP contribution >= 0.6 is 23.3 Å². The summed E-state index contributed by atoms with van der Waals surface area (Å²) in [6, 6.07) is 1.81. The molecule has 1 aromatic heterocycles. The number of thiophene rings is 1. The third-order valence-electron chi connectivity index (χ3n) is 1.47. The van der Waals surface area contributed by atoms with Gasteiger partial charge in [0.25, 0.3) is 5.91 Å². The first-order valence-electron chi connectivity index (χ1n) is 4.01. The summed E-state index contributed by atoms with van der Waals surface area (Å²) < 4.78 is 3.02. The molecule has 0 saturated carbocycles. The van der Waals surface area contributed by atoms with Gasteiger partial charge in [-0.25, -0.2) is 0 Å². The maximum Gasteiger partial charge on any atom is 0.251 e. The molecule has 3 N–H and O–H groups in total. The lowest BCUT2D eigenvalue weighted by Crippen LogP contribution is -2.11. The quantitative estimate of drug-likeness (QED) is 0.770. The molecule has 1 heterocycles. The van der Waals surface area contributed by atoms with Crippen molar-refractivity contribution in [2.45, 2.75) is 4.21 Å². The van der Waals surface area contributed by atoms with Gasteiger partial charge in [0, 0.05) is 7.05 Å². The van der Waals surface area contributed by atoms with Crippen LogP contribution in [0.1, 0.15) is 10.4 Å². The summed E-state index contributed by atoms with van der Waals surface area (Å²) in [6.07, 6.45) is 0. The van der Waals surface area contributed by atoms with E-state index < -0.39 is 5.91 Å². The smallest absolute Gasteiger partial charge is 0.251 e. The SMILES string of the molecule is CNc1sc(SN(C)C)cc1C(N)=O. The van der Waals surface area contributed by atoms with Gasteiger partial charge in [0.2, 0.25) is 0 Å². The maximum atomic E-state index is 11.0. The molecule has 4 nitrogen and oxygen atoms in total. The first-order valence-corrected chi connectivity index (χ1v) is 5.60. The number of carbonyl (C=O) groups excluding carboxylic acids is 1. The predicted octanol–water partition coefficient (Wildman–Crippen LogP) is 1.46. The average molecular weight is 231 g/mol. The fourth-order valence-electron chi connectivity index (χ4n) is 0.962. The molecule has 0 radical (unpaired) electrons. The molecular formula is C8H13N3OS2. The topological polar surface area (TPSA) is 58.4 Å². The highest BCUT2D eigenvalue weighted by Crippen LogP contribution is 2.34. The first kappa shape index (κ1) is 11.4. The molecule has 6 heteroatoms.